The molecule has 2 aromatic carbocycles. The summed E-state index contributed by atoms with van der Waals surface area (Å²) >= 11 is 13.7. The molecule has 1 aliphatic carbocycles. The number of methoxy groups -OCH3 is 1. The van der Waals surface area contributed by atoms with Gasteiger partial charge in [0.25, 0.3) is 11.5 Å². The van der Waals surface area contributed by atoms with Crippen molar-refractivity contribution in [3.8, 4) is 28.3 Å². The second kappa shape index (κ2) is 13.3. The molecule has 0 spiro atoms. The van der Waals surface area contributed by atoms with Gasteiger partial charge in [0.15, 0.2) is 0 Å². The number of nitrogens with zero attached hydrogens (tertiary/aromatic N) is 3. The molecular weight excluding hydrogens is 589 g/mol. The molecule has 3 atom stereocenters. The fourth-order valence-corrected chi connectivity index (χ4v) is 6.05. The first kappa shape index (κ1) is 30.7. The lowest BCUT2D eigenvalue weighted by Gasteiger charge is -2.31. The molecule has 224 valence electrons. The highest BCUT2D eigenvalue weighted by molar-refractivity contribution is 6.39. The predicted molar refractivity (Wildman–Crippen MR) is 169 cm³/mol. The van der Waals surface area contributed by atoms with E-state index in [9.17, 15) is 14.7 Å². The van der Waals surface area contributed by atoms with Crippen molar-refractivity contribution >= 4 is 34.8 Å². The lowest BCUT2D eigenvalue weighted by molar-refractivity contribution is 0.0857. The van der Waals surface area contributed by atoms with Gasteiger partial charge in [0.2, 0.25) is 5.88 Å². The van der Waals surface area contributed by atoms with Crippen LogP contribution in [0.2, 0.25) is 10.0 Å². The van der Waals surface area contributed by atoms with Crippen LogP contribution in [-0.4, -0.2) is 45.0 Å². The minimum Gasteiger partial charge on any atom is -0.481 e. The van der Waals surface area contributed by atoms with Crippen molar-refractivity contribution in [3.63, 3.8) is 0 Å². The number of nitrogens with one attached hydrogen (secondary N) is 2. The normalized spacial score (nSPS) is 17.3. The average molecular weight is 623 g/mol. The number of aliphatic hydroxyl groups is 1. The van der Waals surface area contributed by atoms with Gasteiger partial charge in [-0.15, -0.1) is 0 Å². The molecule has 1 amide bonds. The summed E-state index contributed by atoms with van der Waals surface area (Å²) in [6, 6.07) is 15.9. The van der Waals surface area contributed by atoms with E-state index in [0.29, 0.717) is 39.0 Å². The zero-order chi connectivity index (χ0) is 30.7. The third-order valence-corrected chi connectivity index (χ3v) is 8.62. The largest absolute Gasteiger partial charge is 0.481 e. The first-order valence-electron chi connectivity index (χ1n) is 14.1. The van der Waals surface area contributed by atoms with Gasteiger partial charge in [0, 0.05) is 47.6 Å². The molecular formula is C32H33Cl2N5O4. The number of rotatable bonds is 8. The minimum atomic E-state index is -0.597. The lowest BCUT2D eigenvalue weighted by atomic mass is 9.91. The van der Waals surface area contributed by atoms with Crippen LogP contribution in [0.15, 0.2) is 65.6 Å². The van der Waals surface area contributed by atoms with Crippen molar-refractivity contribution < 1.29 is 14.6 Å². The summed E-state index contributed by atoms with van der Waals surface area (Å²) in [5, 5.41) is 21.2. The van der Waals surface area contributed by atoms with E-state index in [4.69, 9.17) is 32.9 Å². The Morgan fingerprint density at radius 2 is 1.72 bits per heavy atom. The van der Waals surface area contributed by atoms with Gasteiger partial charge in [0.05, 0.1) is 34.6 Å². The van der Waals surface area contributed by atoms with Crippen LogP contribution >= 0.6 is 23.2 Å². The smallest absolute Gasteiger partial charge is 0.279 e. The second-order valence-corrected chi connectivity index (χ2v) is 11.4. The molecule has 4 aromatic rings. The van der Waals surface area contributed by atoms with Crippen molar-refractivity contribution in [1.29, 1.82) is 0 Å². The maximum atomic E-state index is 12.9. The Bertz CT molecular complexity index is 1710. The first-order valence-corrected chi connectivity index (χ1v) is 14.9. The third-order valence-electron chi connectivity index (χ3n) is 7.80. The average Bonchev–Trinajstić information content (AvgIpc) is 3.00. The maximum Gasteiger partial charge on any atom is 0.279 e. The number of hydrogen-bond donors (Lipinski definition) is 3. The van der Waals surface area contributed by atoms with E-state index in [0.717, 1.165) is 35.9 Å². The molecule has 1 fully saturated rings. The van der Waals surface area contributed by atoms with Crippen LogP contribution in [0.4, 0.5) is 5.69 Å². The molecule has 2 aromatic heterocycles. The van der Waals surface area contributed by atoms with Gasteiger partial charge in [-0.1, -0.05) is 66.4 Å². The molecule has 2 heterocycles. The fourth-order valence-electron chi connectivity index (χ4n) is 5.45. The van der Waals surface area contributed by atoms with Crippen molar-refractivity contribution in [2.75, 3.05) is 12.4 Å². The van der Waals surface area contributed by atoms with E-state index in [1.807, 2.05) is 37.3 Å². The summed E-state index contributed by atoms with van der Waals surface area (Å²) in [5.74, 6) is -0.130. The second-order valence-electron chi connectivity index (χ2n) is 10.6. The molecule has 9 nitrogen and oxygen atoms in total. The minimum absolute atomic E-state index is 0.0274. The van der Waals surface area contributed by atoms with Gasteiger partial charge < -0.3 is 20.5 Å². The van der Waals surface area contributed by atoms with E-state index < -0.39 is 11.5 Å². The number of aromatic nitrogens is 3. The number of carbonyl (C=O) groups is 1. The number of aryl methyl sites for hydroxylation is 1. The number of amides is 1. The number of ether oxygens (including phenoxy) is 1. The van der Waals surface area contributed by atoms with Gasteiger partial charge in [-0.05, 0) is 44.0 Å². The summed E-state index contributed by atoms with van der Waals surface area (Å²) in [4.78, 5) is 30.0. The molecule has 0 aliphatic heterocycles. The van der Waals surface area contributed by atoms with Crippen LogP contribution in [0.5, 0.6) is 5.88 Å². The SMILES string of the molecule is COc1nc(-c2cccc(-c3cccc(NC(=O)c4ccnn(C)c4=O)c3Cl)c2Cl)ccc1[C@@H](C)N[C@@H]1CCCC[C@@H]1O. The highest BCUT2D eigenvalue weighted by Crippen LogP contribution is 2.41. The Balaban J connectivity index is 1.43. The summed E-state index contributed by atoms with van der Waals surface area (Å²) in [7, 11) is 3.05. The Kier molecular flexibility index (Phi) is 9.46. The monoisotopic (exact) mass is 621 g/mol. The summed E-state index contributed by atoms with van der Waals surface area (Å²) < 4.78 is 6.77. The van der Waals surface area contributed by atoms with Crippen LogP contribution in [0.25, 0.3) is 22.4 Å². The standard InChI is InChI=1S/C32H33Cl2N5O4/c1-18(36-25-11-4-5-13-27(25)40)19-14-15-24(38-31(19)43-3)22-10-6-8-20(28(22)33)21-9-7-12-26(29(21)34)37-30(41)23-16-17-35-39(2)32(23)42/h6-10,12,14-18,25,27,36,40H,4-5,11,13H2,1-3H3,(H,37,41)/t18-,25-,27+/m1/s1. The zero-order valence-electron chi connectivity index (χ0n) is 24.1. The fraction of sp³-hybridized carbons (Fsp3) is 0.312. The van der Waals surface area contributed by atoms with Gasteiger partial charge in [-0.2, -0.15) is 5.10 Å². The van der Waals surface area contributed by atoms with Crippen LogP contribution in [-0.2, 0) is 7.05 Å². The van der Waals surface area contributed by atoms with Crippen molar-refractivity contribution in [3.05, 3.63) is 92.3 Å². The van der Waals surface area contributed by atoms with Gasteiger partial charge in [0.1, 0.15) is 5.56 Å². The Morgan fingerprint density at radius 1 is 1.02 bits per heavy atom. The van der Waals surface area contributed by atoms with E-state index in [-0.39, 0.29) is 28.8 Å². The van der Waals surface area contributed by atoms with E-state index in [1.165, 1.54) is 19.3 Å². The summed E-state index contributed by atoms with van der Waals surface area (Å²) in [6.45, 7) is 2.04. The van der Waals surface area contributed by atoms with Crippen LogP contribution in [0.1, 0.15) is 54.6 Å². The van der Waals surface area contributed by atoms with Gasteiger partial charge in [-0.25, -0.2) is 9.67 Å². The third kappa shape index (κ3) is 6.45. The van der Waals surface area contributed by atoms with E-state index >= 15 is 0 Å². The molecule has 11 heteroatoms. The number of aliphatic hydroxyl groups excluding tert-OH is 1. The quantitative estimate of drug-likeness (QED) is 0.220. The highest BCUT2D eigenvalue weighted by Gasteiger charge is 2.26. The number of carbonyl (C=O) groups excluding carboxylic acids is 1. The molecule has 1 aliphatic rings. The number of hydrogen-bond acceptors (Lipinski definition) is 7. The molecule has 0 bridgehead atoms. The highest BCUT2D eigenvalue weighted by atomic mass is 35.5. The number of anilines is 1. The Morgan fingerprint density at radius 3 is 2.47 bits per heavy atom. The maximum absolute atomic E-state index is 12.9. The Labute approximate surface area is 259 Å². The van der Waals surface area contributed by atoms with Crippen LogP contribution in [0, 0.1) is 0 Å². The topological polar surface area (TPSA) is 118 Å². The molecule has 0 unspecified atom stereocenters. The zero-order valence-corrected chi connectivity index (χ0v) is 25.6. The van der Waals surface area contributed by atoms with Gasteiger partial charge >= 0.3 is 0 Å². The van der Waals surface area contributed by atoms with Crippen molar-refractivity contribution in [1.82, 2.24) is 20.1 Å². The summed E-state index contributed by atoms with van der Waals surface area (Å²) in [5.41, 5.74) is 3.18. The lowest BCUT2D eigenvalue weighted by Crippen LogP contribution is -2.43. The van der Waals surface area contributed by atoms with Crippen molar-refractivity contribution in [2.45, 2.75) is 50.8 Å². The van der Waals surface area contributed by atoms with E-state index in [1.54, 1.807) is 25.3 Å². The van der Waals surface area contributed by atoms with Crippen LogP contribution < -0.4 is 20.9 Å². The molecule has 0 radical (unpaired) electrons. The molecule has 0 saturated heterocycles. The summed E-state index contributed by atoms with van der Waals surface area (Å²) in [6.07, 6.45) is 4.89. The molecule has 5 rings (SSSR count). The molecule has 43 heavy (non-hydrogen) atoms. The van der Waals surface area contributed by atoms with Crippen molar-refractivity contribution in [2.24, 2.45) is 7.05 Å². The van der Waals surface area contributed by atoms with Crippen LogP contribution in [0.3, 0.4) is 0 Å². The number of halogens is 2. The molecule has 1 saturated carbocycles. The predicted octanol–water partition coefficient (Wildman–Crippen LogP) is 6.03. The first-order chi connectivity index (χ1) is 20.7. The van der Waals surface area contributed by atoms with Gasteiger partial charge in [-0.3, -0.25) is 9.59 Å². The number of benzene rings is 2. The van der Waals surface area contributed by atoms with E-state index in [2.05, 4.69) is 15.7 Å². The Hall–Kier alpha value is -3.76. The molecule has 3 N–H and O–H groups in total. The number of pyridine rings is 1.